The average molecular weight is 667 g/mol. The van der Waals surface area contributed by atoms with Gasteiger partial charge < -0.3 is 19.2 Å². The number of hydrogen-bond acceptors (Lipinski definition) is 10. The first kappa shape index (κ1) is 29.8. The second-order valence-corrected chi connectivity index (χ2v) is 13.5. The van der Waals surface area contributed by atoms with Crippen molar-refractivity contribution in [1.82, 2.24) is 9.55 Å². The van der Waals surface area contributed by atoms with Crippen LogP contribution in [0.5, 0.6) is 11.5 Å². The van der Waals surface area contributed by atoms with Crippen LogP contribution in [-0.2, 0) is 4.79 Å². The van der Waals surface area contributed by atoms with Crippen LogP contribution in [0.2, 0.25) is 0 Å². The SMILES string of the molecule is COc1ccc([C@H]2C(C(=O)Nc3ccccc3)=C(C)N=c3s/c(=C\c4ccc(Sc5nc6ccccc6s5)o4)c(=O)n32)cc1OC. The Morgan fingerprint density at radius 2 is 1.76 bits per heavy atom. The molecule has 0 radical (unpaired) electrons. The first-order valence-electron chi connectivity index (χ1n) is 14.2. The molecule has 4 heterocycles. The standard InChI is InChI=1S/C34H26N4O5S3/c1-19-29(31(39)36-21-9-5-4-6-10-21)30(20-13-15-24(41-2)25(17-20)42-3)38-32(40)27(44-33(38)35-19)18-22-14-16-28(43-22)46-34-37-23-11-7-8-12-26(23)45-34/h4-18,30H,1-3H3,(H,36,39)/b27-18-/t30-/m0/s1. The summed E-state index contributed by atoms with van der Waals surface area (Å²) in [4.78, 5) is 37.8. The molecule has 7 rings (SSSR count). The fourth-order valence-corrected chi connectivity index (χ4v) is 8.24. The van der Waals surface area contributed by atoms with Gasteiger partial charge in [0, 0.05) is 11.8 Å². The summed E-state index contributed by atoms with van der Waals surface area (Å²) >= 11 is 4.27. The van der Waals surface area contributed by atoms with E-state index in [1.165, 1.54) is 23.1 Å². The number of carbonyl (C=O) groups excluding carboxylic acids is 1. The van der Waals surface area contributed by atoms with Gasteiger partial charge in [-0.15, -0.1) is 11.3 Å². The molecule has 46 heavy (non-hydrogen) atoms. The number of benzene rings is 3. The number of fused-ring (bicyclic) bond motifs is 2. The third kappa shape index (κ3) is 5.66. The maximum absolute atomic E-state index is 14.1. The molecule has 0 unspecified atom stereocenters. The summed E-state index contributed by atoms with van der Waals surface area (Å²) in [7, 11) is 3.10. The first-order valence-corrected chi connectivity index (χ1v) is 16.6. The Morgan fingerprint density at radius 1 is 0.978 bits per heavy atom. The quantitative estimate of drug-likeness (QED) is 0.205. The number of nitrogens with zero attached hydrogens (tertiary/aromatic N) is 3. The molecule has 0 saturated heterocycles. The van der Waals surface area contributed by atoms with Gasteiger partial charge in [0.25, 0.3) is 11.5 Å². The Kier molecular flexibility index (Phi) is 8.07. The van der Waals surface area contributed by atoms with Gasteiger partial charge in [-0.05, 0) is 72.8 Å². The summed E-state index contributed by atoms with van der Waals surface area (Å²) in [6.45, 7) is 1.78. The van der Waals surface area contributed by atoms with Gasteiger partial charge in [-0.25, -0.2) is 9.98 Å². The Balaban J connectivity index is 1.29. The van der Waals surface area contributed by atoms with E-state index in [4.69, 9.17) is 18.9 Å². The molecule has 1 aliphatic rings. The van der Waals surface area contributed by atoms with E-state index in [-0.39, 0.29) is 11.5 Å². The second kappa shape index (κ2) is 12.5. The van der Waals surface area contributed by atoms with Crippen molar-refractivity contribution in [3.63, 3.8) is 0 Å². The number of rotatable bonds is 8. The van der Waals surface area contributed by atoms with E-state index in [0.29, 0.717) is 54.2 Å². The molecule has 230 valence electrons. The molecule has 12 heteroatoms. The lowest BCUT2D eigenvalue weighted by Crippen LogP contribution is -2.40. The summed E-state index contributed by atoms with van der Waals surface area (Å²) in [5, 5.41) is 3.63. The predicted molar refractivity (Wildman–Crippen MR) is 181 cm³/mol. The van der Waals surface area contributed by atoms with E-state index in [2.05, 4.69) is 10.3 Å². The second-order valence-electron chi connectivity index (χ2n) is 10.2. The van der Waals surface area contributed by atoms with Crippen molar-refractivity contribution in [2.45, 2.75) is 22.4 Å². The molecule has 0 aliphatic carbocycles. The number of para-hydroxylation sites is 2. The smallest absolute Gasteiger partial charge is 0.271 e. The van der Waals surface area contributed by atoms with Crippen molar-refractivity contribution < 1.29 is 18.7 Å². The molecule has 1 aliphatic heterocycles. The average Bonchev–Trinajstić information content (AvgIpc) is 3.77. The minimum absolute atomic E-state index is 0.294. The van der Waals surface area contributed by atoms with Gasteiger partial charge in [0.1, 0.15) is 5.76 Å². The molecule has 3 aromatic heterocycles. The fraction of sp³-hybridized carbons (Fsp3) is 0.118. The van der Waals surface area contributed by atoms with Gasteiger partial charge >= 0.3 is 0 Å². The molecule has 1 N–H and O–H groups in total. The van der Waals surface area contributed by atoms with Crippen molar-refractivity contribution in [3.05, 3.63) is 127 Å². The molecule has 1 atom stereocenters. The number of thiazole rings is 2. The first-order chi connectivity index (χ1) is 22.4. The zero-order valence-corrected chi connectivity index (χ0v) is 27.3. The Labute approximate surface area is 275 Å². The van der Waals surface area contributed by atoms with E-state index in [0.717, 1.165) is 14.6 Å². The Bertz CT molecular complexity index is 2280. The van der Waals surface area contributed by atoms with Gasteiger partial charge in [-0.2, -0.15) is 0 Å². The van der Waals surface area contributed by atoms with Crippen LogP contribution in [-0.4, -0.2) is 29.7 Å². The highest BCUT2D eigenvalue weighted by molar-refractivity contribution is 8.01. The lowest BCUT2D eigenvalue weighted by atomic mass is 9.94. The van der Waals surface area contributed by atoms with Crippen LogP contribution in [0.15, 0.2) is 120 Å². The van der Waals surface area contributed by atoms with E-state index >= 15 is 0 Å². The van der Waals surface area contributed by atoms with E-state index in [1.54, 1.807) is 67.4 Å². The van der Waals surface area contributed by atoms with Crippen molar-refractivity contribution in [2.24, 2.45) is 4.99 Å². The Hall–Kier alpha value is -4.91. The lowest BCUT2D eigenvalue weighted by Gasteiger charge is -2.26. The van der Waals surface area contributed by atoms with Gasteiger partial charge in [-0.3, -0.25) is 14.2 Å². The van der Waals surface area contributed by atoms with Gasteiger partial charge in [0.05, 0.1) is 46.3 Å². The molecule has 0 fully saturated rings. The predicted octanol–water partition coefficient (Wildman–Crippen LogP) is 6.25. The molecular weight excluding hydrogens is 641 g/mol. The van der Waals surface area contributed by atoms with Crippen LogP contribution >= 0.6 is 34.4 Å². The number of amides is 1. The molecule has 6 aromatic rings. The zero-order chi connectivity index (χ0) is 31.8. The molecule has 0 saturated carbocycles. The third-order valence-electron chi connectivity index (χ3n) is 7.36. The highest BCUT2D eigenvalue weighted by Crippen LogP contribution is 2.37. The number of nitrogens with one attached hydrogen (secondary N) is 1. The summed E-state index contributed by atoms with van der Waals surface area (Å²) < 4.78 is 21.1. The lowest BCUT2D eigenvalue weighted by molar-refractivity contribution is -0.113. The fourth-order valence-electron chi connectivity index (χ4n) is 5.25. The third-order valence-corrected chi connectivity index (χ3v) is 10.4. The highest BCUT2D eigenvalue weighted by Gasteiger charge is 2.33. The number of furan rings is 1. The molecule has 0 spiro atoms. The normalized spacial score (nSPS) is 14.7. The summed E-state index contributed by atoms with van der Waals surface area (Å²) in [6, 6.07) is 25.4. The van der Waals surface area contributed by atoms with E-state index in [1.807, 2.05) is 60.7 Å². The molecule has 0 bridgehead atoms. The topological polar surface area (TPSA) is 108 Å². The van der Waals surface area contributed by atoms with Gasteiger partial charge in [0.2, 0.25) is 0 Å². The van der Waals surface area contributed by atoms with Gasteiger partial charge in [0.15, 0.2) is 25.7 Å². The highest BCUT2D eigenvalue weighted by atomic mass is 32.2. The molecule has 3 aromatic carbocycles. The zero-order valence-electron chi connectivity index (χ0n) is 24.8. The molecule has 1 amide bonds. The number of anilines is 1. The van der Waals surface area contributed by atoms with Gasteiger partial charge in [-0.1, -0.05) is 47.7 Å². The van der Waals surface area contributed by atoms with Crippen LogP contribution < -0.4 is 29.7 Å². The minimum atomic E-state index is -0.774. The van der Waals surface area contributed by atoms with Crippen molar-refractivity contribution in [2.75, 3.05) is 19.5 Å². The van der Waals surface area contributed by atoms with E-state index < -0.39 is 6.04 Å². The number of allylic oxidation sites excluding steroid dienone is 1. The van der Waals surface area contributed by atoms with Crippen molar-refractivity contribution in [1.29, 1.82) is 0 Å². The summed E-state index contributed by atoms with van der Waals surface area (Å²) in [5.74, 6) is 1.18. The molecular formula is C34H26N4O5S3. The number of methoxy groups -OCH3 is 2. The van der Waals surface area contributed by atoms with Crippen LogP contribution in [0.1, 0.15) is 24.3 Å². The number of ether oxygens (including phenoxy) is 2. The number of aromatic nitrogens is 2. The molecule has 9 nitrogen and oxygen atoms in total. The maximum atomic E-state index is 14.1. The van der Waals surface area contributed by atoms with Crippen LogP contribution in [0, 0.1) is 0 Å². The monoisotopic (exact) mass is 666 g/mol. The summed E-state index contributed by atoms with van der Waals surface area (Å²) in [6.07, 6.45) is 1.71. The number of hydrogen-bond donors (Lipinski definition) is 1. The van der Waals surface area contributed by atoms with Crippen LogP contribution in [0.3, 0.4) is 0 Å². The largest absolute Gasteiger partial charge is 0.493 e. The Morgan fingerprint density at radius 3 is 2.54 bits per heavy atom. The van der Waals surface area contributed by atoms with Crippen molar-refractivity contribution >= 4 is 62.3 Å². The number of carbonyl (C=O) groups is 1. The van der Waals surface area contributed by atoms with E-state index in [9.17, 15) is 9.59 Å². The van der Waals surface area contributed by atoms with Crippen LogP contribution in [0.4, 0.5) is 5.69 Å². The minimum Gasteiger partial charge on any atom is -0.493 e. The van der Waals surface area contributed by atoms with Crippen LogP contribution in [0.25, 0.3) is 16.3 Å². The maximum Gasteiger partial charge on any atom is 0.271 e. The van der Waals surface area contributed by atoms with Crippen molar-refractivity contribution in [3.8, 4) is 11.5 Å². The summed E-state index contributed by atoms with van der Waals surface area (Å²) in [5.41, 5.74) is 2.81.